The number of dihydropyridines is 1. The molecule has 0 bridgehead atoms. The van der Waals surface area contributed by atoms with E-state index in [1.165, 1.54) is 12.1 Å². The maximum absolute atomic E-state index is 14.1. The Hall–Kier alpha value is -3.74. The summed E-state index contributed by atoms with van der Waals surface area (Å²) in [7, 11) is 0. The molecule has 3 unspecified atom stereocenters. The molecule has 1 aliphatic heterocycles. The minimum Gasteiger partial charge on any atom is -0.465 e. The van der Waals surface area contributed by atoms with E-state index in [4.69, 9.17) is 9.47 Å². The van der Waals surface area contributed by atoms with E-state index >= 15 is 0 Å². The molecule has 1 N–H and O–H groups in total. The Balaban J connectivity index is 1.89. The van der Waals surface area contributed by atoms with Gasteiger partial charge in [0.25, 0.3) is 0 Å². The summed E-state index contributed by atoms with van der Waals surface area (Å²) in [5.74, 6) is -4.30. The van der Waals surface area contributed by atoms with Gasteiger partial charge in [0, 0.05) is 28.8 Å². The summed E-state index contributed by atoms with van der Waals surface area (Å²) in [4.78, 5) is 40.2. The van der Waals surface area contributed by atoms with Gasteiger partial charge in [0.1, 0.15) is 11.7 Å². The summed E-state index contributed by atoms with van der Waals surface area (Å²) in [6.45, 7) is 5.46. The van der Waals surface area contributed by atoms with E-state index in [0.29, 0.717) is 29.0 Å². The molecular formula is C28H28FNO5. The van der Waals surface area contributed by atoms with Crippen molar-refractivity contribution in [1.82, 2.24) is 5.32 Å². The van der Waals surface area contributed by atoms with Crippen molar-refractivity contribution in [2.45, 2.75) is 39.0 Å². The van der Waals surface area contributed by atoms with Crippen LogP contribution >= 0.6 is 0 Å². The van der Waals surface area contributed by atoms with Crippen LogP contribution in [0.25, 0.3) is 0 Å². The third kappa shape index (κ3) is 4.63. The minimum absolute atomic E-state index is 0.142. The average Bonchev–Trinajstić information content (AvgIpc) is 2.84. The van der Waals surface area contributed by atoms with Gasteiger partial charge in [-0.15, -0.1) is 0 Å². The van der Waals surface area contributed by atoms with Gasteiger partial charge in [0.2, 0.25) is 0 Å². The van der Waals surface area contributed by atoms with E-state index in [2.05, 4.69) is 5.32 Å². The summed E-state index contributed by atoms with van der Waals surface area (Å²) in [5.41, 5.74) is 3.21. The molecule has 0 amide bonds. The summed E-state index contributed by atoms with van der Waals surface area (Å²) in [5, 5.41) is 3.25. The van der Waals surface area contributed by atoms with Crippen LogP contribution in [0.15, 0.2) is 77.1 Å². The van der Waals surface area contributed by atoms with Crippen molar-refractivity contribution in [3.8, 4) is 0 Å². The second kappa shape index (κ2) is 10.3. The zero-order chi connectivity index (χ0) is 25.1. The molecule has 6 nitrogen and oxygen atoms in total. The zero-order valence-corrected chi connectivity index (χ0v) is 20.0. The van der Waals surface area contributed by atoms with Crippen molar-refractivity contribution in [3.63, 3.8) is 0 Å². The molecule has 182 valence electrons. The summed E-state index contributed by atoms with van der Waals surface area (Å²) in [6, 6.07) is 15.1. The van der Waals surface area contributed by atoms with E-state index in [0.717, 1.165) is 5.56 Å². The molecule has 0 saturated heterocycles. The number of rotatable bonds is 6. The molecule has 1 heterocycles. The van der Waals surface area contributed by atoms with Crippen LogP contribution in [0.5, 0.6) is 0 Å². The number of Topliss-reactive ketones (excluding diaryl/α,β-unsaturated/α-hetero) is 1. The molecule has 35 heavy (non-hydrogen) atoms. The van der Waals surface area contributed by atoms with Crippen LogP contribution in [0, 0.1) is 11.7 Å². The van der Waals surface area contributed by atoms with Gasteiger partial charge >= 0.3 is 11.9 Å². The van der Waals surface area contributed by atoms with Gasteiger partial charge in [-0.25, -0.2) is 9.18 Å². The molecule has 1 aliphatic carbocycles. The van der Waals surface area contributed by atoms with Crippen LogP contribution in [0.3, 0.4) is 0 Å². The fraction of sp³-hybridized carbons (Fsp3) is 0.321. The predicted molar refractivity (Wildman–Crippen MR) is 128 cm³/mol. The second-order valence-electron chi connectivity index (χ2n) is 8.58. The van der Waals surface area contributed by atoms with Crippen LogP contribution in [0.2, 0.25) is 0 Å². The third-order valence-electron chi connectivity index (χ3n) is 6.49. The molecule has 3 atom stereocenters. The van der Waals surface area contributed by atoms with Crippen molar-refractivity contribution < 1.29 is 28.2 Å². The first-order valence-electron chi connectivity index (χ1n) is 11.8. The molecule has 0 spiro atoms. The van der Waals surface area contributed by atoms with Gasteiger partial charge in [0.15, 0.2) is 5.78 Å². The zero-order valence-electron chi connectivity index (χ0n) is 20.0. The lowest BCUT2D eigenvalue weighted by Gasteiger charge is -2.39. The van der Waals surface area contributed by atoms with Gasteiger partial charge in [-0.05, 0) is 50.5 Å². The monoisotopic (exact) mass is 477 g/mol. The molecular weight excluding hydrogens is 449 g/mol. The van der Waals surface area contributed by atoms with Crippen molar-refractivity contribution in [2.75, 3.05) is 13.2 Å². The lowest BCUT2D eigenvalue weighted by atomic mass is 9.67. The molecule has 0 fully saturated rings. The Morgan fingerprint density at radius 2 is 1.63 bits per heavy atom. The summed E-state index contributed by atoms with van der Waals surface area (Å²) >= 11 is 0. The lowest BCUT2D eigenvalue weighted by molar-refractivity contribution is -0.152. The Labute approximate surface area is 203 Å². The molecule has 2 aromatic carbocycles. The second-order valence-corrected chi connectivity index (χ2v) is 8.58. The molecule has 4 rings (SSSR count). The maximum atomic E-state index is 14.1. The Bertz CT molecular complexity index is 1200. The quantitative estimate of drug-likeness (QED) is 0.486. The van der Waals surface area contributed by atoms with Crippen molar-refractivity contribution >= 4 is 17.7 Å². The fourth-order valence-corrected chi connectivity index (χ4v) is 5.02. The largest absolute Gasteiger partial charge is 0.465 e. The lowest BCUT2D eigenvalue weighted by Crippen LogP contribution is -2.43. The van der Waals surface area contributed by atoms with Crippen LogP contribution in [0.1, 0.15) is 50.2 Å². The molecule has 0 saturated carbocycles. The standard InChI is InChI=1S/C28H28FNO5/c1-4-34-27(32)22-16(3)30-21-15-20(17-9-7-6-8-10-17)24(28(33)35-5-2)26(31)25(21)23(22)18-11-13-19(29)14-12-18/h6-14,20,23-24,30H,4-5,15H2,1-3H3. The number of halogens is 1. The van der Waals surface area contributed by atoms with Crippen LogP contribution in [-0.4, -0.2) is 30.9 Å². The normalized spacial score (nSPS) is 21.8. The topological polar surface area (TPSA) is 81.7 Å². The highest BCUT2D eigenvalue weighted by Gasteiger charge is 2.49. The SMILES string of the molecule is CCOC(=O)C1=C(C)NC2=C(C(=O)C(C(=O)OCC)C(c3ccccc3)C2)C1c1ccc(F)cc1. The first kappa shape index (κ1) is 24.4. The number of hydrogen-bond donors (Lipinski definition) is 1. The van der Waals surface area contributed by atoms with Crippen LogP contribution < -0.4 is 5.32 Å². The van der Waals surface area contributed by atoms with E-state index in [9.17, 15) is 18.8 Å². The number of nitrogens with one attached hydrogen (secondary N) is 1. The Morgan fingerprint density at radius 1 is 0.971 bits per heavy atom. The van der Waals surface area contributed by atoms with E-state index in [-0.39, 0.29) is 18.8 Å². The number of ether oxygens (including phenoxy) is 2. The van der Waals surface area contributed by atoms with Gasteiger partial charge in [-0.2, -0.15) is 0 Å². The predicted octanol–water partition coefficient (Wildman–Crippen LogP) is 4.54. The molecule has 0 aromatic heterocycles. The van der Waals surface area contributed by atoms with E-state index < -0.39 is 41.3 Å². The van der Waals surface area contributed by atoms with Crippen LogP contribution in [0.4, 0.5) is 4.39 Å². The summed E-state index contributed by atoms with van der Waals surface area (Å²) in [6.07, 6.45) is 0.375. The average molecular weight is 478 g/mol. The molecule has 2 aromatic rings. The maximum Gasteiger partial charge on any atom is 0.336 e. The smallest absolute Gasteiger partial charge is 0.336 e. The number of hydrogen-bond acceptors (Lipinski definition) is 6. The van der Waals surface area contributed by atoms with E-state index in [1.807, 2.05) is 30.3 Å². The van der Waals surface area contributed by atoms with Gasteiger partial charge < -0.3 is 14.8 Å². The number of carbonyl (C=O) groups is 3. The molecule has 2 aliphatic rings. The Kier molecular flexibility index (Phi) is 7.15. The Morgan fingerprint density at radius 3 is 2.26 bits per heavy atom. The van der Waals surface area contributed by atoms with Crippen LogP contribution in [-0.2, 0) is 23.9 Å². The van der Waals surface area contributed by atoms with Gasteiger partial charge in [-0.1, -0.05) is 42.5 Å². The summed E-state index contributed by atoms with van der Waals surface area (Å²) < 4.78 is 24.4. The first-order valence-corrected chi connectivity index (χ1v) is 11.8. The highest BCUT2D eigenvalue weighted by atomic mass is 19.1. The minimum atomic E-state index is -1.07. The van der Waals surface area contributed by atoms with E-state index in [1.54, 1.807) is 32.9 Å². The fourth-order valence-electron chi connectivity index (χ4n) is 5.02. The van der Waals surface area contributed by atoms with Gasteiger partial charge in [-0.3, -0.25) is 9.59 Å². The van der Waals surface area contributed by atoms with Crippen molar-refractivity contribution in [1.29, 1.82) is 0 Å². The third-order valence-corrected chi connectivity index (χ3v) is 6.49. The number of carbonyl (C=O) groups excluding carboxylic acids is 3. The number of esters is 2. The van der Waals surface area contributed by atoms with Crippen molar-refractivity contribution in [2.24, 2.45) is 5.92 Å². The number of benzene rings is 2. The number of allylic oxidation sites excluding steroid dienone is 3. The van der Waals surface area contributed by atoms with Gasteiger partial charge in [0.05, 0.1) is 18.8 Å². The first-order chi connectivity index (χ1) is 16.9. The van der Waals surface area contributed by atoms with Crippen molar-refractivity contribution in [3.05, 3.63) is 94.1 Å². The molecule has 7 heteroatoms. The highest BCUT2D eigenvalue weighted by Crippen LogP contribution is 2.48. The number of ketones is 1. The highest BCUT2D eigenvalue weighted by molar-refractivity contribution is 6.13. The molecule has 0 radical (unpaired) electrons.